The van der Waals surface area contributed by atoms with Crippen LogP contribution >= 0.6 is 0 Å². The normalized spacial score (nSPS) is 20.0. The van der Waals surface area contributed by atoms with E-state index >= 15 is 0 Å². The van der Waals surface area contributed by atoms with E-state index in [-0.39, 0.29) is 5.91 Å². The van der Waals surface area contributed by atoms with Crippen molar-refractivity contribution >= 4 is 11.7 Å². The number of nitriles is 1. The highest BCUT2D eigenvalue weighted by Crippen LogP contribution is 2.37. The van der Waals surface area contributed by atoms with E-state index in [1.807, 2.05) is 12.1 Å². The monoisotopic (exact) mass is 314 g/mol. The number of amides is 1. The van der Waals surface area contributed by atoms with Gasteiger partial charge in [-0.2, -0.15) is 5.26 Å². The van der Waals surface area contributed by atoms with Crippen LogP contribution in [0.4, 0.5) is 5.82 Å². The molecule has 2 heterocycles. The fourth-order valence-corrected chi connectivity index (χ4v) is 3.34. The number of nitrogens with one attached hydrogen (secondary N) is 1. The smallest absolute Gasteiger partial charge is 0.240 e. The van der Waals surface area contributed by atoms with Gasteiger partial charge >= 0.3 is 0 Å². The van der Waals surface area contributed by atoms with Crippen molar-refractivity contribution in [3.63, 3.8) is 0 Å². The van der Waals surface area contributed by atoms with Gasteiger partial charge in [-0.15, -0.1) is 0 Å². The van der Waals surface area contributed by atoms with Crippen LogP contribution in [0.1, 0.15) is 31.2 Å². The molecular formula is C17H22N4O2. The van der Waals surface area contributed by atoms with Crippen LogP contribution < -0.4 is 10.2 Å². The molecule has 6 heteroatoms. The number of ether oxygens (including phenoxy) is 1. The fraction of sp³-hybridized carbons (Fsp3) is 0.588. The van der Waals surface area contributed by atoms with Gasteiger partial charge in [-0.3, -0.25) is 4.79 Å². The van der Waals surface area contributed by atoms with Crippen LogP contribution in [0.5, 0.6) is 0 Å². The molecular weight excluding hydrogens is 292 g/mol. The molecule has 2 fully saturated rings. The summed E-state index contributed by atoms with van der Waals surface area (Å²) in [4.78, 5) is 19.1. The first-order valence-electron chi connectivity index (χ1n) is 8.21. The van der Waals surface area contributed by atoms with Crippen molar-refractivity contribution in [3.05, 3.63) is 23.9 Å². The van der Waals surface area contributed by atoms with Gasteiger partial charge in [0, 0.05) is 31.4 Å². The average Bonchev–Trinajstić information content (AvgIpc) is 3.11. The number of carbonyl (C=O) groups excluding carboxylic acids is 1. The van der Waals surface area contributed by atoms with E-state index in [1.54, 1.807) is 6.20 Å². The van der Waals surface area contributed by atoms with E-state index in [0.29, 0.717) is 32.6 Å². The van der Waals surface area contributed by atoms with Crippen LogP contribution in [0.3, 0.4) is 0 Å². The van der Waals surface area contributed by atoms with Crippen LogP contribution in [0.15, 0.2) is 18.3 Å². The molecule has 1 aromatic heterocycles. The molecule has 2 aliphatic rings. The fourth-order valence-electron chi connectivity index (χ4n) is 3.34. The lowest BCUT2D eigenvalue weighted by molar-refractivity contribution is -0.128. The van der Waals surface area contributed by atoms with E-state index in [0.717, 1.165) is 37.3 Å². The van der Waals surface area contributed by atoms with Crippen molar-refractivity contribution < 1.29 is 9.53 Å². The number of nitrogens with zero attached hydrogens (tertiary/aromatic N) is 3. The molecule has 1 saturated carbocycles. The van der Waals surface area contributed by atoms with Gasteiger partial charge in [-0.05, 0) is 18.9 Å². The largest absolute Gasteiger partial charge is 0.378 e. The summed E-state index contributed by atoms with van der Waals surface area (Å²) in [5.74, 6) is 0.753. The highest BCUT2D eigenvalue weighted by Gasteiger charge is 2.41. The summed E-state index contributed by atoms with van der Waals surface area (Å²) < 4.78 is 5.38. The van der Waals surface area contributed by atoms with Crippen molar-refractivity contribution in [2.45, 2.75) is 32.2 Å². The first-order valence-corrected chi connectivity index (χ1v) is 8.21. The van der Waals surface area contributed by atoms with E-state index in [4.69, 9.17) is 4.74 Å². The predicted octanol–water partition coefficient (Wildman–Crippen LogP) is 1.62. The van der Waals surface area contributed by atoms with Crippen LogP contribution in [-0.4, -0.2) is 37.2 Å². The second kappa shape index (κ2) is 6.97. The zero-order chi connectivity index (χ0) is 16.1. The molecule has 0 bridgehead atoms. The molecule has 0 radical (unpaired) electrons. The summed E-state index contributed by atoms with van der Waals surface area (Å²) in [7, 11) is 0. The Labute approximate surface area is 136 Å². The molecule has 23 heavy (non-hydrogen) atoms. The Balaban J connectivity index is 1.68. The topological polar surface area (TPSA) is 78.2 Å². The van der Waals surface area contributed by atoms with Gasteiger partial charge in [0.25, 0.3) is 0 Å². The van der Waals surface area contributed by atoms with Crippen LogP contribution in [0.25, 0.3) is 0 Å². The molecule has 0 unspecified atom stereocenters. The Morgan fingerprint density at radius 1 is 1.39 bits per heavy atom. The zero-order valence-corrected chi connectivity index (χ0v) is 13.3. The number of anilines is 1. The minimum absolute atomic E-state index is 0.144. The van der Waals surface area contributed by atoms with Crippen molar-refractivity contribution in [1.29, 1.82) is 5.26 Å². The van der Waals surface area contributed by atoms with Gasteiger partial charge in [0.1, 0.15) is 11.2 Å². The molecule has 1 aliphatic carbocycles. The second-order valence-corrected chi connectivity index (χ2v) is 6.17. The van der Waals surface area contributed by atoms with Crippen molar-refractivity contribution in [1.82, 2.24) is 10.3 Å². The highest BCUT2D eigenvalue weighted by atomic mass is 16.5. The Bertz CT molecular complexity index is 599. The molecule has 0 spiro atoms. The summed E-state index contributed by atoms with van der Waals surface area (Å²) in [6.45, 7) is 3.41. The molecule has 1 N–H and O–H groups in total. The molecule has 6 nitrogen and oxygen atoms in total. The summed E-state index contributed by atoms with van der Waals surface area (Å²) in [5, 5.41) is 12.4. The van der Waals surface area contributed by atoms with E-state index in [9.17, 15) is 10.1 Å². The lowest BCUT2D eigenvalue weighted by Gasteiger charge is -2.29. The summed E-state index contributed by atoms with van der Waals surface area (Å²) in [6.07, 6.45) is 5.00. The minimum atomic E-state index is -0.832. The number of morpholine rings is 1. The Morgan fingerprint density at radius 2 is 2.13 bits per heavy atom. The van der Waals surface area contributed by atoms with Gasteiger partial charge in [0.2, 0.25) is 5.91 Å². The average molecular weight is 314 g/mol. The molecule has 0 atom stereocenters. The van der Waals surface area contributed by atoms with Crippen molar-refractivity contribution in [2.24, 2.45) is 5.41 Å². The number of carbonyl (C=O) groups is 1. The Morgan fingerprint density at radius 3 is 2.83 bits per heavy atom. The first kappa shape index (κ1) is 15.8. The second-order valence-electron chi connectivity index (χ2n) is 6.17. The molecule has 0 aromatic carbocycles. The van der Waals surface area contributed by atoms with Gasteiger partial charge in [-0.1, -0.05) is 18.9 Å². The Kier molecular flexibility index (Phi) is 4.77. The lowest BCUT2D eigenvalue weighted by atomic mass is 9.87. The minimum Gasteiger partial charge on any atom is -0.378 e. The molecule has 1 saturated heterocycles. The standard InChI is InChI=1S/C17H22N4O2/c18-13-17(5-1-2-6-17)16(22)20-12-14-4-3-7-19-15(14)21-8-10-23-11-9-21/h3-4,7H,1-2,5-6,8-12H2,(H,20,22). The number of aromatic nitrogens is 1. The van der Waals surface area contributed by atoms with Crippen LogP contribution in [0, 0.1) is 16.7 Å². The molecule has 1 aliphatic heterocycles. The van der Waals surface area contributed by atoms with E-state index < -0.39 is 5.41 Å². The molecule has 1 amide bonds. The first-order chi connectivity index (χ1) is 11.2. The predicted molar refractivity (Wildman–Crippen MR) is 85.6 cm³/mol. The lowest BCUT2D eigenvalue weighted by Crippen LogP contribution is -2.40. The van der Waals surface area contributed by atoms with Crippen LogP contribution in [-0.2, 0) is 16.1 Å². The van der Waals surface area contributed by atoms with Gasteiger partial charge in [0.15, 0.2) is 0 Å². The maximum atomic E-state index is 12.5. The third-order valence-corrected chi connectivity index (χ3v) is 4.72. The third-order valence-electron chi connectivity index (χ3n) is 4.72. The van der Waals surface area contributed by atoms with Crippen molar-refractivity contribution in [3.8, 4) is 6.07 Å². The maximum Gasteiger partial charge on any atom is 0.240 e. The van der Waals surface area contributed by atoms with Gasteiger partial charge < -0.3 is 15.0 Å². The number of rotatable bonds is 4. The van der Waals surface area contributed by atoms with Gasteiger partial charge in [0.05, 0.1) is 19.3 Å². The summed E-state index contributed by atoms with van der Waals surface area (Å²) in [5.41, 5.74) is 0.148. The molecule has 1 aromatic rings. The quantitative estimate of drug-likeness (QED) is 0.913. The zero-order valence-electron chi connectivity index (χ0n) is 13.3. The van der Waals surface area contributed by atoms with Gasteiger partial charge in [-0.25, -0.2) is 4.98 Å². The van der Waals surface area contributed by atoms with Crippen molar-refractivity contribution in [2.75, 3.05) is 31.2 Å². The SMILES string of the molecule is N#CC1(C(=O)NCc2cccnc2N2CCOCC2)CCCC1. The molecule has 3 rings (SSSR count). The van der Waals surface area contributed by atoms with Crippen LogP contribution in [0.2, 0.25) is 0 Å². The summed E-state index contributed by atoms with van der Waals surface area (Å²) >= 11 is 0. The molecule has 122 valence electrons. The number of hydrogen-bond donors (Lipinski definition) is 1. The summed E-state index contributed by atoms with van der Waals surface area (Å²) in [6, 6.07) is 6.09. The van der Waals surface area contributed by atoms with E-state index in [2.05, 4.69) is 21.3 Å². The van der Waals surface area contributed by atoms with E-state index in [1.165, 1.54) is 0 Å². The number of pyridine rings is 1. The maximum absolute atomic E-state index is 12.5. The number of hydrogen-bond acceptors (Lipinski definition) is 5. The highest BCUT2D eigenvalue weighted by molar-refractivity contribution is 5.85. The Hall–Kier alpha value is -2.13. The third kappa shape index (κ3) is 3.30.